The van der Waals surface area contributed by atoms with Crippen molar-refractivity contribution in [3.05, 3.63) is 41.2 Å². The minimum atomic E-state index is -1.44. The van der Waals surface area contributed by atoms with Crippen LogP contribution in [0.25, 0.3) is 5.69 Å². The van der Waals surface area contributed by atoms with E-state index in [9.17, 15) is 14.7 Å². The Morgan fingerprint density at radius 3 is 2.42 bits per heavy atom. The Labute approximate surface area is 155 Å². The van der Waals surface area contributed by atoms with Gasteiger partial charge in [-0.3, -0.25) is 9.59 Å². The van der Waals surface area contributed by atoms with Crippen molar-refractivity contribution in [1.29, 1.82) is 0 Å². The van der Waals surface area contributed by atoms with E-state index >= 15 is 0 Å². The molecule has 1 aliphatic carbocycles. The molecular formula is C18H20ClN3O4. The molecule has 0 spiro atoms. The van der Waals surface area contributed by atoms with Crippen LogP contribution >= 0.6 is 11.6 Å². The number of nitrogens with zero attached hydrogens (tertiary/aromatic N) is 3. The Kier molecular flexibility index (Phi) is 5.56. The van der Waals surface area contributed by atoms with Gasteiger partial charge in [-0.2, -0.15) is 0 Å². The molecule has 1 heterocycles. The largest absolute Gasteiger partial charge is 0.480 e. The van der Waals surface area contributed by atoms with Crippen LogP contribution in [0.3, 0.4) is 0 Å². The van der Waals surface area contributed by atoms with Crippen LogP contribution in [0, 0.1) is 5.41 Å². The van der Waals surface area contributed by atoms with Gasteiger partial charge >= 0.3 is 11.9 Å². The monoisotopic (exact) mass is 377 g/mol. The predicted octanol–water partition coefficient (Wildman–Crippen LogP) is 3.39. The van der Waals surface area contributed by atoms with Crippen LogP contribution in [0.4, 0.5) is 0 Å². The lowest BCUT2D eigenvalue weighted by Gasteiger charge is -2.25. The topological polar surface area (TPSA) is 94.3 Å². The Hall–Kier alpha value is -2.41. The molecule has 138 valence electrons. The number of esters is 1. The van der Waals surface area contributed by atoms with Gasteiger partial charge in [0.05, 0.1) is 11.9 Å². The van der Waals surface area contributed by atoms with Gasteiger partial charge in [0.25, 0.3) is 0 Å². The number of carbonyl (C=O) groups excluding carboxylic acids is 1. The zero-order valence-corrected chi connectivity index (χ0v) is 15.0. The molecule has 0 bridgehead atoms. The third-order valence-corrected chi connectivity index (χ3v) is 4.99. The van der Waals surface area contributed by atoms with Crippen molar-refractivity contribution in [1.82, 2.24) is 15.0 Å². The van der Waals surface area contributed by atoms with Gasteiger partial charge < -0.3 is 9.84 Å². The maximum Gasteiger partial charge on any atom is 0.323 e. The molecule has 0 radical (unpaired) electrons. The van der Waals surface area contributed by atoms with Crippen LogP contribution in [-0.2, 0) is 20.9 Å². The van der Waals surface area contributed by atoms with E-state index in [0.717, 1.165) is 18.5 Å². The molecule has 1 aromatic carbocycles. The van der Waals surface area contributed by atoms with Crippen molar-refractivity contribution >= 4 is 23.5 Å². The SMILES string of the molecule is O=C(O)C1(C(=O)OCc2cn(-c3ccc(Cl)cc3)nn2)CCCCCC1. The average molecular weight is 378 g/mol. The molecule has 1 fully saturated rings. The summed E-state index contributed by atoms with van der Waals surface area (Å²) in [5.41, 5.74) is -0.226. The summed E-state index contributed by atoms with van der Waals surface area (Å²) in [5.74, 6) is -1.79. The van der Waals surface area contributed by atoms with Crippen molar-refractivity contribution in [2.75, 3.05) is 0 Å². The van der Waals surface area contributed by atoms with Gasteiger partial charge in [-0.1, -0.05) is 42.5 Å². The fourth-order valence-corrected chi connectivity index (χ4v) is 3.33. The van der Waals surface area contributed by atoms with Gasteiger partial charge in [-0.25, -0.2) is 4.68 Å². The van der Waals surface area contributed by atoms with Gasteiger partial charge in [0.1, 0.15) is 12.3 Å². The first kappa shape index (κ1) is 18.4. The number of ether oxygens (including phenoxy) is 1. The lowest BCUT2D eigenvalue weighted by molar-refractivity contribution is -0.171. The van der Waals surface area contributed by atoms with Crippen LogP contribution in [-0.4, -0.2) is 32.0 Å². The van der Waals surface area contributed by atoms with E-state index in [1.165, 1.54) is 4.68 Å². The van der Waals surface area contributed by atoms with E-state index in [0.29, 0.717) is 36.4 Å². The number of carboxylic acid groups (broad SMARTS) is 1. The maximum absolute atomic E-state index is 12.5. The number of halogens is 1. The molecule has 0 amide bonds. The van der Waals surface area contributed by atoms with E-state index in [1.54, 1.807) is 30.5 Å². The molecule has 1 aliphatic rings. The minimum Gasteiger partial charge on any atom is -0.480 e. The van der Waals surface area contributed by atoms with E-state index in [1.807, 2.05) is 0 Å². The molecule has 1 aromatic heterocycles. The second-order valence-electron chi connectivity index (χ2n) is 6.51. The second-order valence-corrected chi connectivity index (χ2v) is 6.94. The van der Waals surface area contributed by atoms with Crippen molar-refractivity contribution < 1.29 is 19.4 Å². The van der Waals surface area contributed by atoms with Crippen LogP contribution in [0.5, 0.6) is 0 Å². The highest BCUT2D eigenvalue weighted by Crippen LogP contribution is 2.36. The van der Waals surface area contributed by atoms with Gasteiger partial charge in [0, 0.05) is 5.02 Å². The van der Waals surface area contributed by atoms with Crippen LogP contribution in [0.2, 0.25) is 5.02 Å². The number of carbonyl (C=O) groups is 2. The van der Waals surface area contributed by atoms with Gasteiger partial charge in [-0.15, -0.1) is 5.10 Å². The highest BCUT2D eigenvalue weighted by Gasteiger charge is 2.47. The Morgan fingerprint density at radius 2 is 1.81 bits per heavy atom. The van der Waals surface area contributed by atoms with Crippen molar-refractivity contribution in [3.8, 4) is 5.69 Å². The minimum absolute atomic E-state index is 0.110. The van der Waals surface area contributed by atoms with E-state index < -0.39 is 17.4 Å². The van der Waals surface area contributed by atoms with Gasteiger partial charge in [0.15, 0.2) is 5.41 Å². The molecule has 7 nitrogen and oxygen atoms in total. The Balaban J connectivity index is 1.67. The maximum atomic E-state index is 12.5. The lowest BCUT2D eigenvalue weighted by atomic mass is 9.80. The summed E-state index contributed by atoms with van der Waals surface area (Å²) < 4.78 is 6.84. The van der Waals surface area contributed by atoms with Crippen LogP contribution in [0.15, 0.2) is 30.5 Å². The molecule has 8 heteroatoms. The van der Waals surface area contributed by atoms with Gasteiger partial charge in [-0.05, 0) is 37.1 Å². The predicted molar refractivity (Wildman–Crippen MR) is 93.9 cm³/mol. The van der Waals surface area contributed by atoms with E-state index in [4.69, 9.17) is 16.3 Å². The summed E-state index contributed by atoms with van der Waals surface area (Å²) in [6.45, 7) is -0.110. The highest BCUT2D eigenvalue weighted by atomic mass is 35.5. The number of rotatable bonds is 5. The summed E-state index contributed by atoms with van der Waals surface area (Å²) >= 11 is 5.86. The number of hydrogen-bond donors (Lipinski definition) is 1. The number of benzene rings is 1. The number of carboxylic acids is 1. The first-order chi connectivity index (χ1) is 12.5. The molecule has 1 saturated carbocycles. The first-order valence-corrected chi connectivity index (χ1v) is 8.97. The third-order valence-electron chi connectivity index (χ3n) is 4.74. The number of hydrogen-bond acceptors (Lipinski definition) is 5. The normalized spacial score (nSPS) is 16.7. The smallest absolute Gasteiger partial charge is 0.323 e. The number of aromatic nitrogens is 3. The summed E-state index contributed by atoms with van der Waals surface area (Å²) in [6, 6.07) is 7.05. The molecule has 0 unspecified atom stereocenters. The highest BCUT2D eigenvalue weighted by molar-refractivity contribution is 6.30. The molecule has 26 heavy (non-hydrogen) atoms. The molecule has 0 aliphatic heterocycles. The molecular weight excluding hydrogens is 358 g/mol. The second kappa shape index (κ2) is 7.86. The van der Waals surface area contributed by atoms with Crippen molar-refractivity contribution in [3.63, 3.8) is 0 Å². The van der Waals surface area contributed by atoms with Crippen LogP contribution in [0.1, 0.15) is 44.2 Å². The summed E-state index contributed by atoms with van der Waals surface area (Å²) in [6.07, 6.45) is 5.59. The molecule has 2 aromatic rings. The van der Waals surface area contributed by atoms with Crippen LogP contribution < -0.4 is 0 Å². The standard InChI is InChI=1S/C18H20ClN3O4/c19-13-5-7-15(8-6-13)22-11-14(20-21-22)12-26-17(25)18(16(23)24)9-3-1-2-4-10-18/h5-8,11H,1-4,9-10,12H2,(H,23,24). The molecule has 0 atom stereocenters. The average Bonchev–Trinajstić information content (AvgIpc) is 2.95. The van der Waals surface area contributed by atoms with Gasteiger partial charge in [0.2, 0.25) is 0 Å². The molecule has 3 rings (SSSR count). The van der Waals surface area contributed by atoms with E-state index in [-0.39, 0.29) is 6.61 Å². The first-order valence-electron chi connectivity index (χ1n) is 8.59. The molecule has 0 saturated heterocycles. The lowest BCUT2D eigenvalue weighted by Crippen LogP contribution is -2.40. The Morgan fingerprint density at radius 1 is 1.15 bits per heavy atom. The Bertz CT molecular complexity index is 780. The zero-order valence-electron chi connectivity index (χ0n) is 14.2. The fourth-order valence-electron chi connectivity index (χ4n) is 3.20. The third kappa shape index (κ3) is 3.88. The van der Waals surface area contributed by atoms with E-state index in [2.05, 4.69) is 10.3 Å². The summed E-state index contributed by atoms with van der Waals surface area (Å²) in [5, 5.41) is 18.2. The summed E-state index contributed by atoms with van der Waals surface area (Å²) in [7, 11) is 0. The quantitative estimate of drug-likeness (QED) is 0.487. The fraction of sp³-hybridized carbons (Fsp3) is 0.444. The van der Waals surface area contributed by atoms with Crippen molar-refractivity contribution in [2.24, 2.45) is 5.41 Å². The summed E-state index contributed by atoms with van der Waals surface area (Å²) in [4.78, 5) is 24.3. The molecule has 1 N–H and O–H groups in total. The zero-order chi connectivity index (χ0) is 18.6. The van der Waals surface area contributed by atoms with Crippen molar-refractivity contribution in [2.45, 2.75) is 45.1 Å². The number of aliphatic carboxylic acids is 1.